The van der Waals surface area contributed by atoms with Gasteiger partial charge in [0.05, 0.1) is 5.69 Å². The summed E-state index contributed by atoms with van der Waals surface area (Å²) < 4.78 is 52.0. The number of phenolic OH excluding ortho intramolecular Hbond substituents is 1. The Morgan fingerprint density at radius 1 is 0.842 bits per heavy atom. The van der Waals surface area contributed by atoms with Crippen molar-refractivity contribution in [1.29, 1.82) is 0 Å². The maximum Gasteiger partial charge on any atom is 0.165 e. The summed E-state index contributed by atoms with van der Waals surface area (Å²) >= 11 is 0. The monoisotopic (exact) mass is 271 g/mol. The van der Waals surface area contributed by atoms with E-state index in [0.29, 0.717) is 17.7 Å². The quantitative estimate of drug-likeness (QED) is 0.661. The molecule has 0 radical (unpaired) electrons. The zero-order valence-electron chi connectivity index (χ0n) is 9.55. The van der Waals surface area contributed by atoms with Crippen molar-refractivity contribution in [2.75, 3.05) is 5.32 Å². The summed E-state index contributed by atoms with van der Waals surface area (Å²) in [5, 5.41) is 11.5. The van der Waals surface area contributed by atoms with E-state index >= 15 is 0 Å². The van der Waals surface area contributed by atoms with Crippen molar-refractivity contribution in [3.05, 3.63) is 59.2 Å². The standard InChI is InChI=1S/C13H9F4NO/c14-8-4-10(16)12(5-9(8)15)18-6-7-1-2-13(19)11(17)3-7/h1-5,18-19H,6H2. The lowest BCUT2D eigenvalue weighted by molar-refractivity contribution is 0.432. The minimum absolute atomic E-state index is 0.000801. The second kappa shape index (κ2) is 5.17. The van der Waals surface area contributed by atoms with Gasteiger partial charge in [-0.05, 0) is 17.7 Å². The predicted octanol–water partition coefficient (Wildman–Crippen LogP) is 3.56. The molecule has 0 aliphatic heterocycles. The molecule has 0 heterocycles. The van der Waals surface area contributed by atoms with E-state index in [-0.39, 0.29) is 12.2 Å². The summed E-state index contributed by atoms with van der Waals surface area (Å²) in [4.78, 5) is 0. The van der Waals surface area contributed by atoms with E-state index in [0.717, 1.165) is 12.1 Å². The number of rotatable bonds is 3. The first-order chi connectivity index (χ1) is 8.97. The van der Waals surface area contributed by atoms with Crippen LogP contribution in [-0.2, 0) is 6.54 Å². The molecule has 0 aliphatic rings. The smallest absolute Gasteiger partial charge is 0.165 e. The highest BCUT2D eigenvalue weighted by atomic mass is 19.2. The van der Waals surface area contributed by atoms with Gasteiger partial charge in [-0.25, -0.2) is 17.6 Å². The summed E-state index contributed by atoms with van der Waals surface area (Å²) in [6, 6.07) is 4.73. The molecule has 2 aromatic rings. The molecule has 100 valence electrons. The lowest BCUT2D eigenvalue weighted by Crippen LogP contribution is -2.03. The van der Waals surface area contributed by atoms with Crippen molar-refractivity contribution in [2.45, 2.75) is 6.54 Å². The average Bonchev–Trinajstić information content (AvgIpc) is 2.36. The van der Waals surface area contributed by atoms with Crippen molar-refractivity contribution in [1.82, 2.24) is 0 Å². The summed E-state index contributed by atoms with van der Waals surface area (Å²) in [5.41, 5.74) is 0.187. The summed E-state index contributed by atoms with van der Waals surface area (Å²) in [6.07, 6.45) is 0. The average molecular weight is 271 g/mol. The number of hydrogen-bond acceptors (Lipinski definition) is 2. The highest BCUT2D eigenvalue weighted by molar-refractivity contribution is 5.46. The fourth-order valence-corrected chi connectivity index (χ4v) is 1.52. The molecule has 0 fully saturated rings. The largest absolute Gasteiger partial charge is 0.505 e. The molecule has 2 rings (SSSR count). The van der Waals surface area contributed by atoms with Crippen LogP contribution in [0, 0.1) is 23.3 Å². The van der Waals surface area contributed by atoms with Crippen molar-refractivity contribution in [2.24, 2.45) is 0 Å². The van der Waals surface area contributed by atoms with Crippen LogP contribution < -0.4 is 5.32 Å². The van der Waals surface area contributed by atoms with Gasteiger partial charge in [-0.1, -0.05) is 6.07 Å². The summed E-state index contributed by atoms with van der Waals surface area (Å²) in [7, 11) is 0. The van der Waals surface area contributed by atoms with Crippen LogP contribution in [0.4, 0.5) is 23.2 Å². The number of phenols is 1. The van der Waals surface area contributed by atoms with Gasteiger partial charge in [0.1, 0.15) is 5.82 Å². The van der Waals surface area contributed by atoms with Crippen LogP contribution in [0.5, 0.6) is 5.75 Å². The van der Waals surface area contributed by atoms with Crippen LogP contribution in [0.25, 0.3) is 0 Å². The first kappa shape index (κ1) is 13.2. The van der Waals surface area contributed by atoms with Gasteiger partial charge >= 0.3 is 0 Å². The van der Waals surface area contributed by atoms with Crippen LogP contribution in [-0.4, -0.2) is 5.11 Å². The van der Waals surface area contributed by atoms with E-state index in [9.17, 15) is 17.6 Å². The molecule has 19 heavy (non-hydrogen) atoms. The zero-order chi connectivity index (χ0) is 14.0. The third kappa shape index (κ3) is 2.96. The molecule has 0 spiro atoms. The molecule has 0 aliphatic carbocycles. The van der Waals surface area contributed by atoms with Gasteiger partial charge in [0.2, 0.25) is 0 Å². The minimum Gasteiger partial charge on any atom is -0.505 e. The third-order valence-electron chi connectivity index (χ3n) is 2.51. The van der Waals surface area contributed by atoms with E-state index in [1.165, 1.54) is 6.07 Å². The highest BCUT2D eigenvalue weighted by Gasteiger charge is 2.09. The number of aromatic hydroxyl groups is 1. The van der Waals surface area contributed by atoms with Crippen LogP contribution in [0.2, 0.25) is 0 Å². The van der Waals surface area contributed by atoms with Crippen LogP contribution in [0.3, 0.4) is 0 Å². The Labute approximate surface area is 106 Å². The molecular formula is C13H9F4NO. The van der Waals surface area contributed by atoms with Gasteiger partial charge in [-0.2, -0.15) is 0 Å². The van der Waals surface area contributed by atoms with Crippen molar-refractivity contribution in [3.63, 3.8) is 0 Å². The normalized spacial score (nSPS) is 10.5. The lowest BCUT2D eigenvalue weighted by atomic mass is 10.2. The SMILES string of the molecule is Oc1ccc(CNc2cc(F)c(F)cc2F)cc1F. The number of nitrogens with one attached hydrogen (secondary N) is 1. The first-order valence-corrected chi connectivity index (χ1v) is 5.33. The molecule has 0 unspecified atom stereocenters. The number of halogens is 4. The second-order valence-corrected chi connectivity index (χ2v) is 3.89. The predicted molar refractivity (Wildman–Crippen MR) is 61.7 cm³/mol. The Hall–Kier alpha value is -2.24. The second-order valence-electron chi connectivity index (χ2n) is 3.89. The molecular weight excluding hydrogens is 262 g/mol. The Morgan fingerprint density at radius 2 is 1.53 bits per heavy atom. The van der Waals surface area contributed by atoms with Gasteiger partial charge in [-0.15, -0.1) is 0 Å². The van der Waals surface area contributed by atoms with E-state index < -0.39 is 29.0 Å². The number of benzene rings is 2. The number of anilines is 1. The summed E-state index contributed by atoms with van der Waals surface area (Å²) in [5.74, 6) is -4.72. The van der Waals surface area contributed by atoms with Gasteiger partial charge in [0.25, 0.3) is 0 Å². The fraction of sp³-hybridized carbons (Fsp3) is 0.0769. The Morgan fingerprint density at radius 3 is 2.21 bits per heavy atom. The molecule has 0 aromatic heterocycles. The first-order valence-electron chi connectivity index (χ1n) is 5.33. The molecule has 0 bridgehead atoms. The van der Waals surface area contributed by atoms with E-state index in [1.54, 1.807) is 0 Å². The molecule has 2 N–H and O–H groups in total. The molecule has 0 saturated carbocycles. The summed E-state index contributed by atoms with van der Waals surface area (Å²) in [6.45, 7) is -0.000801. The lowest BCUT2D eigenvalue weighted by Gasteiger charge is -2.08. The van der Waals surface area contributed by atoms with Crippen LogP contribution in [0.15, 0.2) is 30.3 Å². The Balaban J connectivity index is 2.14. The van der Waals surface area contributed by atoms with Gasteiger partial charge in [0, 0.05) is 18.7 Å². The maximum atomic E-state index is 13.3. The van der Waals surface area contributed by atoms with Gasteiger partial charge in [-0.3, -0.25) is 0 Å². The fourth-order valence-electron chi connectivity index (χ4n) is 1.52. The van der Waals surface area contributed by atoms with E-state index in [4.69, 9.17) is 5.11 Å². The molecule has 6 heteroatoms. The van der Waals surface area contributed by atoms with Crippen molar-refractivity contribution < 1.29 is 22.7 Å². The molecule has 0 atom stereocenters. The molecule has 2 nitrogen and oxygen atoms in total. The third-order valence-corrected chi connectivity index (χ3v) is 2.51. The van der Waals surface area contributed by atoms with Crippen LogP contribution in [0.1, 0.15) is 5.56 Å². The Kier molecular flexibility index (Phi) is 3.59. The zero-order valence-corrected chi connectivity index (χ0v) is 9.55. The molecule has 0 amide bonds. The van der Waals surface area contributed by atoms with Crippen molar-refractivity contribution in [3.8, 4) is 5.75 Å². The van der Waals surface area contributed by atoms with Crippen LogP contribution >= 0.6 is 0 Å². The minimum atomic E-state index is -1.28. The maximum absolute atomic E-state index is 13.3. The van der Waals surface area contributed by atoms with E-state index in [2.05, 4.69) is 5.32 Å². The number of hydrogen-bond donors (Lipinski definition) is 2. The molecule has 2 aromatic carbocycles. The van der Waals surface area contributed by atoms with Gasteiger partial charge < -0.3 is 10.4 Å². The van der Waals surface area contributed by atoms with Gasteiger partial charge in [0.15, 0.2) is 23.2 Å². The molecule has 0 saturated heterocycles. The highest BCUT2D eigenvalue weighted by Crippen LogP contribution is 2.20. The van der Waals surface area contributed by atoms with E-state index in [1.807, 2.05) is 0 Å². The van der Waals surface area contributed by atoms with Crippen molar-refractivity contribution >= 4 is 5.69 Å². The topological polar surface area (TPSA) is 32.3 Å². The Bertz CT molecular complexity index is 616.